The van der Waals surface area contributed by atoms with Gasteiger partial charge in [0.25, 0.3) is 0 Å². The molecule has 0 aromatic heterocycles. The van der Waals surface area contributed by atoms with Crippen LogP contribution in [0.15, 0.2) is 0 Å². The first-order valence-electron chi connectivity index (χ1n) is 4.41. The minimum absolute atomic E-state index is 0.0944. The molecule has 1 N–H and O–H groups in total. The van der Waals surface area contributed by atoms with Gasteiger partial charge in [0.2, 0.25) is 5.91 Å². The smallest absolute Gasteiger partial charge is 0.220 e. The van der Waals surface area contributed by atoms with Crippen LogP contribution in [-0.2, 0) is 4.79 Å². The Morgan fingerprint density at radius 1 is 1.36 bits per heavy atom. The highest BCUT2D eigenvalue weighted by Crippen LogP contribution is 2.17. The number of amides is 1. The normalized spacial score (nSPS) is 19.7. The number of carbonyl (C=O) groups excluding carboxylic acids is 1. The molecule has 0 aromatic carbocycles. The van der Waals surface area contributed by atoms with Crippen LogP contribution in [0.5, 0.6) is 0 Å². The number of carbonyl (C=O) groups is 1. The highest BCUT2D eigenvalue weighted by Gasteiger charge is 2.13. The second kappa shape index (κ2) is 4.37. The molecule has 2 heteroatoms. The average molecular weight is 154 g/mol. The Kier molecular flexibility index (Phi) is 3.40. The lowest BCUT2D eigenvalue weighted by atomic mass is 9.95. The van der Waals surface area contributed by atoms with Gasteiger partial charge in [-0.15, -0.1) is 0 Å². The Morgan fingerprint density at radius 3 is 2.55 bits per heavy atom. The summed E-state index contributed by atoms with van der Waals surface area (Å²) >= 11 is 0. The molecule has 0 aromatic rings. The lowest BCUT2D eigenvalue weighted by Crippen LogP contribution is -2.35. The van der Waals surface area contributed by atoms with Gasteiger partial charge in [0, 0.05) is 12.5 Å². The Bertz CT molecular complexity index is 128. The van der Waals surface area contributed by atoms with Gasteiger partial charge in [0.1, 0.15) is 0 Å². The summed E-state index contributed by atoms with van der Waals surface area (Å²) in [5, 5.41) is 2.97. The van der Waals surface area contributed by atoms with E-state index in [-0.39, 0.29) is 5.91 Å². The molecule has 1 saturated carbocycles. The lowest BCUT2D eigenvalue weighted by molar-refractivity contribution is -0.121. The summed E-state index contributed by atoms with van der Waals surface area (Å²) in [5.41, 5.74) is 0. The molecular weight excluding hydrogens is 138 g/mol. The quantitative estimate of drug-likeness (QED) is 0.644. The highest BCUT2D eigenvalue weighted by molar-refractivity contribution is 5.76. The first kappa shape index (κ1) is 8.57. The molecule has 0 heterocycles. The molecular formula is C9H16NO. The molecule has 1 aliphatic carbocycles. The van der Waals surface area contributed by atoms with Crippen LogP contribution in [0.4, 0.5) is 0 Å². The van der Waals surface area contributed by atoms with Crippen LogP contribution in [0.25, 0.3) is 0 Å². The number of hydrogen-bond donors (Lipinski definition) is 1. The molecule has 1 rings (SSSR count). The predicted octanol–water partition coefficient (Wildman–Crippen LogP) is 1.66. The fraction of sp³-hybridized carbons (Fsp3) is 0.778. The molecule has 0 atom stereocenters. The Hall–Kier alpha value is -0.530. The first-order chi connectivity index (χ1) is 5.33. The largest absolute Gasteiger partial charge is 0.353 e. The third-order valence-corrected chi connectivity index (χ3v) is 2.20. The summed E-state index contributed by atoms with van der Waals surface area (Å²) < 4.78 is 0. The molecule has 0 aliphatic heterocycles. The molecule has 0 bridgehead atoms. The molecule has 1 radical (unpaired) electrons. The van der Waals surface area contributed by atoms with Gasteiger partial charge in [-0.2, -0.15) is 0 Å². The van der Waals surface area contributed by atoms with Crippen LogP contribution >= 0.6 is 0 Å². The summed E-state index contributed by atoms with van der Waals surface area (Å²) in [6.45, 7) is 3.54. The van der Waals surface area contributed by atoms with Crippen molar-refractivity contribution in [1.82, 2.24) is 5.32 Å². The van der Waals surface area contributed by atoms with Crippen molar-refractivity contribution in [3.8, 4) is 0 Å². The van der Waals surface area contributed by atoms with Gasteiger partial charge >= 0.3 is 0 Å². The number of rotatable bonds is 2. The van der Waals surface area contributed by atoms with Gasteiger partial charge in [-0.05, 0) is 19.8 Å². The van der Waals surface area contributed by atoms with E-state index >= 15 is 0 Å². The Morgan fingerprint density at radius 2 is 2.00 bits per heavy atom. The van der Waals surface area contributed by atoms with Crippen molar-refractivity contribution < 1.29 is 4.79 Å². The molecule has 11 heavy (non-hydrogen) atoms. The maximum atomic E-state index is 10.9. The second-order valence-electron chi connectivity index (χ2n) is 3.15. The van der Waals surface area contributed by atoms with E-state index in [0.29, 0.717) is 12.5 Å². The van der Waals surface area contributed by atoms with E-state index in [1.807, 2.05) is 0 Å². The topological polar surface area (TPSA) is 29.1 Å². The molecule has 1 amide bonds. The van der Waals surface area contributed by atoms with Gasteiger partial charge in [0.05, 0.1) is 0 Å². The van der Waals surface area contributed by atoms with Crippen LogP contribution < -0.4 is 5.32 Å². The number of hydrogen-bond acceptors (Lipinski definition) is 1. The zero-order valence-corrected chi connectivity index (χ0v) is 6.94. The third-order valence-electron chi connectivity index (χ3n) is 2.20. The molecule has 2 nitrogen and oxygen atoms in total. The van der Waals surface area contributed by atoms with Crippen molar-refractivity contribution in [2.24, 2.45) is 0 Å². The van der Waals surface area contributed by atoms with Gasteiger partial charge in [-0.3, -0.25) is 4.79 Å². The van der Waals surface area contributed by atoms with E-state index < -0.39 is 0 Å². The van der Waals surface area contributed by atoms with Gasteiger partial charge < -0.3 is 5.32 Å². The molecule has 0 spiro atoms. The Balaban J connectivity index is 2.19. The van der Waals surface area contributed by atoms with Crippen molar-refractivity contribution >= 4 is 5.91 Å². The fourth-order valence-corrected chi connectivity index (χ4v) is 1.55. The minimum atomic E-state index is 0.0944. The summed E-state index contributed by atoms with van der Waals surface area (Å²) in [7, 11) is 0. The lowest BCUT2D eigenvalue weighted by Gasteiger charge is -2.22. The van der Waals surface area contributed by atoms with Gasteiger partial charge in [-0.25, -0.2) is 0 Å². The van der Waals surface area contributed by atoms with Crippen LogP contribution in [0.2, 0.25) is 0 Å². The van der Waals surface area contributed by atoms with Gasteiger partial charge in [-0.1, -0.05) is 19.3 Å². The third kappa shape index (κ3) is 2.91. The Labute approximate surface area is 68.4 Å². The van der Waals surface area contributed by atoms with Crippen molar-refractivity contribution in [3.05, 3.63) is 6.92 Å². The first-order valence-corrected chi connectivity index (χ1v) is 4.41. The summed E-state index contributed by atoms with van der Waals surface area (Å²) in [6.07, 6.45) is 6.55. The fourth-order valence-electron chi connectivity index (χ4n) is 1.55. The number of nitrogens with one attached hydrogen (secondary N) is 1. The maximum Gasteiger partial charge on any atom is 0.220 e. The highest BCUT2D eigenvalue weighted by atomic mass is 16.1. The average Bonchev–Trinajstić information content (AvgIpc) is 2.06. The van der Waals surface area contributed by atoms with E-state index in [0.717, 1.165) is 12.8 Å². The van der Waals surface area contributed by atoms with E-state index in [4.69, 9.17) is 0 Å². The second-order valence-corrected chi connectivity index (χ2v) is 3.15. The summed E-state index contributed by atoms with van der Waals surface area (Å²) in [6, 6.07) is 0.443. The maximum absolute atomic E-state index is 10.9. The molecule has 0 unspecified atom stereocenters. The van der Waals surface area contributed by atoms with E-state index in [2.05, 4.69) is 12.2 Å². The summed E-state index contributed by atoms with van der Waals surface area (Å²) in [5.74, 6) is 0.0944. The SMILES string of the molecule is [CH2]CC(=O)NC1CCCCC1. The molecule has 1 fully saturated rings. The zero-order chi connectivity index (χ0) is 8.10. The van der Waals surface area contributed by atoms with Crippen molar-refractivity contribution in [2.75, 3.05) is 0 Å². The zero-order valence-electron chi connectivity index (χ0n) is 6.94. The van der Waals surface area contributed by atoms with Crippen molar-refractivity contribution in [2.45, 2.75) is 44.6 Å². The molecule has 63 valence electrons. The van der Waals surface area contributed by atoms with Crippen LogP contribution in [0.3, 0.4) is 0 Å². The monoisotopic (exact) mass is 154 g/mol. The van der Waals surface area contributed by atoms with Gasteiger partial charge in [0.15, 0.2) is 0 Å². The van der Waals surface area contributed by atoms with E-state index in [1.54, 1.807) is 0 Å². The van der Waals surface area contributed by atoms with Crippen LogP contribution in [0, 0.1) is 6.92 Å². The molecule has 0 saturated heterocycles. The van der Waals surface area contributed by atoms with Crippen molar-refractivity contribution in [3.63, 3.8) is 0 Å². The predicted molar refractivity (Wildman–Crippen MR) is 45.0 cm³/mol. The summed E-state index contributed by atoms with van der Waals surface area (Å²) in [4.78, 5) is 10.9. The van der Waals surface area contributed by atoms with Crippen LogP contribution in [-0.4, -0.2) is 11.9 Å². The van der Waals surface area contributed by atoms with Crippen molar-refractivity contribution in [1.29, 1.82) is 0 Å². The molecule has 1 aliphatic rings. The van der Waals surface area contributed by atoms with E-state index in [9.17, 15) is 4.79 Å². The standard InChI is InChI=1S/C9H16NO/c1-2-9(11)10-8-6-4-3-5-7-8/h8H,1-7H2,(H,10,11). The van der Waals surface area contributed by atoms with E-state index in [1.165, 1.54) is 19.3 Å². The van der Waals surface area contributed by atoms with Crippen LogP contribution in [0.1, 0.15) is 38.5 Å². The minimum Gasteiger partial charge on any atom is -0.353 e.